The van der Waals surface area contributed by atoms with Gasteiger partial charge < -0.3 is 14.4 Å². The summed E-state index contributed by atoms with van der Waals surface area (Å²) >= 11 is 0. The average molecular weight is 518 g/mol. The van der Waals surface area contributed by atoms with Gasteiger partial charge in [-0.25, -0.2) is 4.98 Å². The van der Waals surface area contributed by atoms with Gasteiger partial charge in [0, 0.05) is 75.2 Å². The number of carbonyl (C=O) groups excluding carboxylic acids is 2. The molecule has 38 heavy (non-hydrogen) atoms. The maximum absolute atomic E-state index is 12.6. The molecule has 7 heteroatoms. The monoisotopic (exact) mass is 517 g/mol. The number of rotatable bonds is 5. The van der Waals surface area contributed by atoms with Crippen molar-refractivity contribution in [2.45, 2.75) is 90.4 Å². The highest BCUT2D eigenvalue weighted by atomic mass is 16.2. The predicted octanol–water partition coefficient (Wildman–Crippen LogP) is 4.16. The van der Waals surface area contributed by atoms with Crippen LogP contribution in [0.15, 0.2) is 30.3 Å². The second-order valence-corrected chi connectivity index (χ2v) is 12.5. The van der Waals surface area contributed by atoms with Gasteiger partial charge in [0.05, 0.1) is 12.2 Å². The molecule has 204 valence electrons. The molecule has 4 aliphatic rings. The summed E-state index contributed by atoms with van der Waals surface area (Å²) in [5.74, 6) is 2.47. The Morgan fingerprint density at radius 2 is 1.71 bits per heavy atom. The number of imidazole rings is 1. The van der Waals surface area contributed by atoms with Gasteiger partial charge in [-0.1, -0.05) is 44.2 Å². The van der Waals surface area contributed by atoms with E-state index >= 15 is 0 Å². The number of piperidine rings is 1. The SMILES string of the molecule is CC(=O)N1C[C@H](CN2[C@H]3CC[C@H]2CC(n2c(C)nc4c2CCN(C(=O)C(C)C)C4)C3)[C@@H](c2ccccc2)C1. The van der Waals surface area contributed by atoms with Crippen LogP contribution in [-0.2, 0) is 22.6 Å². The number of carbonyl (C=O) groups is 2. The Balaban J connectivity index is 1.17. The Morgan fingerprint density at radius 3 is 2.37 bits per heavy atom. The van der Waals surface area contributed by atoms with Gasteiger partial charge in [0.1, 0.15) is 5.82 Å². The van der Waals surface area contributed by atoms with E-state index in [0.29, 0.717) is 36.5 Å². The molecule has 4 aliphatic heterocycles. The lowest BCUT2D eigenvalue weighted by Gasteiger charge is -2.42. The van der Waals surface area contributed by atoms with Crippen molar-refractivity contribution in [3.8, 4) is 0 Å². The van der Waals surface area contributed by atoms with Crippen molar-refractivity contribution in [1.82, 2.24) is 24.3 Å². The molecule has 0 radical (unpaired) electrons. The van der Waals surface area contributed by atoms with Crippen molar-refractivity contribution in [3.63, 3.8) is 0 Å². The number of benzene rings is 1. The van der Waals surface area contributed by atoms with Crippen LogP contribution in [0.25, 0.3) is 0 Å². The fraction of sp³-hybridized carbons (Fsp3) is 0.645. The van der Waals surface area contributed by atoms with Crippen LogP contribution in [0.3, 0.4) is 0 Å². The quantitative estimate of drug-likeness (QED) is 0.598. The Morgan fingerprint density at radius 1 is 1.00 bits per heavy atom. The summed E-state index contributed by atoms with van der Waals surface area (Å²) in [5, 5.41) is 0. The maximum atomic E-state index is 12.6. The van der Waals surface area contributed by atoms with Gasteiger partial charge in [-0.3, -0.25) is 14.5 Å². The van der Waals surface area contributed by atoms with Gasteiger partial charge in [0.2, 0.25) is 11.8 Å². The molecule has 0 N–H and O–H groups in total. The van der Waals surface area contributed by atoms with E-state index in [1.54, 1.807) is 6.92 Å². The van der Waals surface area contributed by atoms with E-state index in [-0.39, 0.29) is 17.7 Å². The Bertz CT molecular complexity index is 1180. The van der Waals surface area contributed by atoms with Crippen molar-refractivity contribution in [3.05, 3.63) is 53.1 Å². The van der Waals surface area contributed by atoms with Crippen molar-refractivity contribution in [2.75, 3.05) is 26.2 Å². The molecule has 2 bridgehead atoms. The molecular formula is C31H43N5O2. The third-order valence-corrected chi connectivity index (χ3v) is 9.82. The smallest absolute Gasteiger partial charge is 0.225 e. The van der Waals surface area contributed by atoms with Crippen LogP contribution in [0.2, 0.25) is 0 Å². The van der Waals surface area contributed by atoms with Crippen molar-refractivity contribution in [2.24, 2.45) is 11.8 Å². The van der Waals surface area contributed by atoms with Crippen LogP contribution in [0.1, 0.15) is 81.2 Å². The zero-order valence-corrected chi connectivity index (χ0v) is 23.5. The van der Waals surface area contributed by atoms with Crippen molar-refractivity contribution < 1.29 is 9.59 Å². The van der Waals surface area contributed by atoms with Gasteiger partial charge in [-0.05, 0) is 44.1 Å². The Labute approximate surface area is 227 Å². The maximum Gasteiger partial charge on any atom is 0.225 e. The van der Waals surface area contributed by atoms with Gasteiger partial charge in [0.15, 0.2) is 0 Å². The van der Waals surface area contributed by atoms with E-state index in [1.165, 1.54) is 36.9 Å². The molecule has 1 aromatic carbocycles. The normalized spacial score (nSPS) is 29.2. The molecule has 0 saturated carbocycles. The lowest BCUT2D eigenvalue weighted by atomic mass is 9.87. The van der Waals surface area contributed by atoms with E-state index in [2.05, 4.69) is 51.6 Å². The average Bonchev–Trinajstić information content (AvgIpc) is 3.54. The third kappa shape index (κ3) is 4.57. The number of aromatic nitrogens is 2. The zero-order chi connectivity index (χ0) is 26.6. The molecule has 3 fully saturated rings. The summed E-state index contributed by atoms with van der Waals surface area (Å²) in [7, 11) is 0. The van der Waals surface area contributed by atoms with E-state index in [4.69, 9.17) is 4.98 Å². The third-order valence-electron chi connectivity index (χ3n) is 9.82. The molecule has 1 aromatic heterocycles. The highest BCUT2D eigenvalue weighted by Crippen LogP contribution is 2.44. The summed E-state index contributed by atoms with van der Waals surface area (Å²) in [4.78, 5) is 36.7. The van der Waals surface area contributed by atoms with Gasteiger partial charge in [-0.2, -0.15) is 0 Å². The van der Waals surface area contributed by atoms with E-state index in [0.717, 1.165) is 44.1 Å². The molecule has 2 aromatic rings. The molecule has 2 amide bonds. The molecule has 7 nitrogen and oxygen atoms in total. The molecule has 0 aliphatic carbocycles. The van der Waals surface area contributed by atoms with Crippen LogP contribution in [0, 0.1) is 18.8 Å². The summed E-state index contributed by atoms with van der Waals surface area (Å²) in [6.45, 7) is 12.1. The largest absolute Gasteiger partial charge is 0.342 e. The van der Waals surface area contributed by atoms with Crippen LogP contribution >= 0.6 is 0 Å². The number of aryl methyl sites for hydroxylation is 1. The van der Waals surface area contributed by atoms with E-state index < -0.39 is 0 Å². The highest BCUT2D eigenvalue weighted by Gasteiger charge is 2.45. The number of hydrogen-bond donors (Lipinski definition) is 0. The molecule has 6 rings (SSSR count). The minimum absolute atomic E-state index is 0.0311. The zero-order valence-electron chi connectivity index (χ0n) is 23.5. The Kier molecular flexibility index (Phi) is 6.83. The minimum atomic E-state index is 0.0311. The summed E-state index contributed by atoms with van der Waals surface area (Å²) in [5.41, 5.74) is 3.85. The standard InChI is InChI=1S/C31H43N5O2/c1-20(2)31(38)33-13-12-30-29(19-33)32-21(3)36(30)27-14-25-10-11-26(15-27)35(25)17-24-16-34(22(4)37)18-28(24)23-8-6-5-7-9-23/h5-9,20,24-28H,10-19H2,1-4H3/t24-,25+,26+,28-/m1/s1. The van der Waals surface area contributed by atoms with Gasteiger partial charge >= 0.3 is 0 Å². The van der Waals surface area contributed by atoms with E-state index in [9.17, 15) is 9.59 Å². The second-order valence-electron chi connectivity index (χ2n) is 12.5. The summed E-state index contributed by atoms with van der Waals surface area (Å²) in [6, 6.07) is 12.5. The van der Waals surface area contributed by atoms with Gasteiger partial charge in [-0.15, -0.1) is 0 Å². The first kappa shape index (κ1) is 25.6. The Hall–Kier alpha value is -2.67. The topological polar surface area (TPSA) is 61.7 Å². The first-order valence-electron chi connectivity index (χ1n) is 14.7. The molecule has 4 atom stereocenters. The number of hydrogen-bond acceptors (Lipinski definition) is 4. The highest BCUT2D eigenvalue weighted by molar-refractivity contribution is 5.78. The van der Waals surface area contributed by atoms with Crippen molar-refractivity contribution in [1.29, 1.82) is 0 Å². The first-order valence-corrected chi connectivity index (χ1v) is 14.7. The predicted molar refractivity (Wildman–Crippen MR) is 148 cm³/mol. The van der Waals surface area contributed by atoms with Crippen LogP contribution in [0.4, 0.5) is 0 Å². The lowest BCUT2D eigenvalue weighted by molar-refractivity contribution is -0.135. The summed E-state index contributed by atoms with van der Waals surface area (Å²) in [6.07, 6.45) is 5.80. The summed E-state index contributed by atoms with van der Waals surface area (Å²) < 4.78 is 2.55. The number of fused-ring (bicyclic) bond motifs is 3. The minimum Gasteiger partial charge on any atom is -0.342 e. The number of likely N-dealkylation sites (tertiary alicyclic amines) is 1. The second kappa shape index (κ2) is 10.1. The van der Waals surface area contributed by atoms with E-state index in [1.807, 2.05) is 18.7 Å². The fourth-order valence-electron chi connectivity index (χ4n) is 7.99. The molecule has 5 heterocycles. The fourth-order valence-corrected chi connectivity index (χ4v) is 7.99. The van der Waals surface area contributed by atoms with Crippen LogP contribution in [-0.4, -0.2) is 74.3 Å². The van der Waals surface area contributed by atoms with Crippen molar-refractivity contribution >= 4 is 11.8 Å². The molecule has 0 unspecified atom stereocenters. The van der Waals surface area contributed by atoms with Crippen LogP contribution < -0.4 is 0 Å². The van der Waals surface area contributed by atoms with Crippen LogP contribution in [0.5, 0.6) is 0 Å². The molecule has 3 saturated heterocycles. The lowest BCUT2D eigenvalue weighted by Crippen LogP contribution is -2.47. The first-order chi connectivity index (χ1) is 18.3. The van der Waals surface area contributed by atoms with Gasteiger partial charge in [0.25, 0.3) is 0 Å². The number of nitrogens with zero attached hydrogens (tertiary/aromatic N) is 5. The molecule has 0 spiro atoms. The number of amides is 2. The molecular weight excluding hydrogens is 474 g/mol.